The predicted octanol–water partition coefficient (Wildman–Crippen LogP) is 5.59. The van der Waals surface area contributed by atoms with Gasteiger partial charge in [-0.05, 0) is 79.1 Å². The first-order chi connectivity index (χ1) is 15.7. The van der Waals surface area contributed by atoms with Gasteiger partial charge in [-0.3, -0.25) is 9.52 Å². The van der Waals surface area contributed by atoms with Crippen LogP contribution in [0.2, 0.25) is 5.02 Å². The molecule has 0 fully saturated rings. The van der Waals surface area contributed by atoms with Gasteiger partial charge in [0.1, 0.15) is 0 Å². The van der Waals surface area contributed by atoms with E-state index < -0.39 is 10.0 Å². The Morgan fingerprint density at radius 3 is 2.55 bits per heavy atom. The second-order valence-electron chi connectivity index (χ2n) is 8.33. The molecular formula is C25H22ClN3O3S. The number of halogens is 1. The Morgan fingerprint density at radius 1 is 1.06 bits per heavy atom. The molecule has 5 rings (SSSR count). The molecule has 3 aromatic carbocycles. The first-order valence-electron chi connectivity index (χ1n) is 10.6. The standard InChI is InChI=1S/C25H22ClN3O3S/c1-15-11-19-13-22(8-10-25(19)29(15)16(2)30)33(31,32)28-21-6-3-17(4-7-21)24-14-18-12-20(26)5-9-23(18)27-24/h3-10,12-15,27-28H,11H2,1-2H3. The Kier molecular flexibility index (Phi) is 5.18. The summed E-state index contributed by atoms with van der Waals surface area (Å²) in [4.78, 5) is 17.2. The summed E-state index contributed by atoms with van der Waals surface area (Å²) in [5, 5.41) is 1.68. The number of sulfonamides is 1. The van der Waals surface area contributed by atoms with Crippen LogP contribution in [0.1, 0.15) is 19.4 Å². The smallest absolute Gasteiger partial charge is 0.261 e. The van der Waals surface area contributed by atoms with E-state index in [1.165, 1.54) is 6.92 Å². The molecule has 6 nitrogen and oxygen atoms in total. The topological polar surface area (TPSA) is 82.3 Å². The van der Waals surface area contributed by atoms with Gasteiger partial charge in [0.2, 0.25) is 5.91 Å². The van der Waals surface area contributed by atoms with Crippen molar-refractivity contribution in [1.82, 2.24) is 4.98 Å². The summed E-state index contributed by atoms with van der Waals surface area (Å²) in [6, 6.07) is 19.8. The number of hydrogen-bond donors (Lipinski definition) is 2. The van der Waals surface area contributed by atoms with Crippen LogP contribution < -0.4 is 9.62 Å². The van der Waals surface area contributed by atoms with E-state index >= 15 is 0 Å². The number of fused-ring (bicyclic) bond motifs is 2. The Morgan fingerprint density at radius 2 is 1.82 bits per heavy atom. The Balaban J connectivity index is 1.38. The fourth-order valence-electron chi connectivity index (χ4n) is 4.45. The zero-order valence-corrected chi connectivity index (χ0v) is 19.7. The summed E-state index contributed by atoms with van der Waals surface area (Å²) in [7, 11) is -3.77. The number of rotatable bonds is 4. The quantitative estimate of drug-likeness (QED) is 0.400. The lowest BCUT2D eigenvalue weighted by Gasteiger charge is -2.20. The van der Waals surface area contributed by atoms with Crippen LogP contribution in [0.4, 0.5) is 11.4 Å². The highest BCUT2D eigenvalue weighted by molar-refractivity contribution is 7.92. The molecule has 4 aromatic rings. The Labute approximate surface area is 197 Å². The molecule has 33 heavy (non-hydrogen) atoms. The van der Waals surface area contributed by atoms with Crippen molar-refractivity contribution in [2.75, 3.05) is 9.62 Å². The maximum atomic E-state index is 13.0. The Bertz CT molecular complexity index is 1490. The summed E-state index contributed by atoms with van der Waals surface area (Å²) >= 11 is 6.07. The minimum Gasteiger partial charge on any atom is -0.355 e. The van der Waals surface area contributed by atoms with Crippen molar-refractivity contribution in [3.05, 3.63) is 77.3 Å². The molecule has 0 spiro atoms. The van der Waals surface area contributed by atoms with Gasteiger partial charge in [-0.2, -0.15) is 0 Å². The molecule has 0 radical (unpaired) electrons. The predicted molar refractivity (Wildman–Crippen MR) is 132 cm³/mol. The molecule has 0 saturated carbocycles. The molecule has 1 aromatic heterocycles. The first kappa shape index (κ1) is 21.6. The fourth-order valence-corrected chi connectivity index (χ4v) is 5.73. The molecule has 8 heteroatoms. The number of benzene rings is 3. The number of aromatic amines is 1. The van der Waals surface area contributed by atoms with Crippen molar-refractivity contribution in [2.24, 2.45) is 0 Å². The summed E-state index contributed by atoms with van der Waals surface area (Å²) in [5.41, 5.74) is 4.93. The average molecular weight is 480 g/mol. The third kappa shape index (κ3) is 3.98. The number of H-pyrrole nitrogens is 1. The van der Waals surface area contributed by atoms with Gasteiger partial charge in [0, 0.05) is 46.0 Å². The fraction of sp³-hybridized carbons (Fsp3) is 0.160. The van der Waals surface area contributed by atoms with Crippen LogP contribution in [0.15, 0.2) is 71.6 Å². The number of hydrogen-bond acceptors (Lipinski definition) is 3. The maximum absolute atomic E-state index is 13.0. The van der Waals surface area contributed by atoms with Gasteiger partial charge in [0.05, 0.1) is 4.90 Å². The largest absolute Gasteiger partial charge is 0.355 e. The molecule has 168 valence electrons. The maximum Gasteiger partial charge on any atom is 0.261 e. The molecular weight excluding hydrogens is 458 g/mol. The molecule has 0 saturated heterocycles. The van der Waals surface area contributed by atoms with Crippen LogP contribution in [-0.2, 0) is 21.2 Å². The van der Waals surface area contributed by atoms with Crippen molar-refractivity contribution in [3.63, 3.8) is 0 Å². The van der Waals surface area contributed by atoms with E-state index in [0.29, 0.717) is 17.1 Å². The summed E-state index contributed by atoms with van der Waals surface area (Å²) in [6.07, 6.45) is 0.628. The molecule has 1 amide bonds. The second kappa shape index (κ2) is 7.93. The van der Waals surface area contributed by atoms with Crippen molar-refractivity contribution in [1.29, 1.82) is 0 Å². The number of aromatic nitrogens is 1. The Hall–Kier alpha value is -3.29. The average Bonchev–Trinajstić information content (AvgIpc) is 3.33. The zero-order chi connectivity index (χ0) is 23.3. The molecule has 1 atom stereocenters. The number of carbonyl (C=O) groups excluding carboxylic acids is 1. The first-order valence-corrected chi connectivity index (χ1v) is 12.4. The highest BCUT2D eigenvalue weighted by Crippen LogP contribution is 2.34. The molecule has 2 heterocycles. The molecule has 1 aliphatic rings. The van der Waals surface area contributed by atoms with Crippen molar-refractivity contribution in [2.45, 2.75) is 31.2 Å². The van der Waals surface area contributed by atoms with Crippen molar-refractivity contribution >= 4 is 49.8 Å². The highest BCUT2D eigenvalue weighted by Gasteiger charge is 2.30. The highest BCUT2D eigenvalue weighted by atomic mass is 35.5. The molecule has 1 aliphatic heterocycles. The minimum atomic E-state index is -3.77. The van der Waals surface area contributed by atoms with Crippen LogP contribution in [0.25, 0.3) is 22.2 Å². The van der Waals surface area contributed by atoms with E-state index in [0.717, 1.165) is 33.4 Å². The van der Waals surface area contributed by atoms with Gasteiger partial charge in [0.25, 0.3) is 10.0 Å². The lowest BCUT2D eigenvalue weighted by Crippen LogP contribution is -2.33. The van der Waals surface area contributed by atoms with Crippen LogP contribution in [-0.4, -0.2) is 25.4 Å². The molecule has 1 unspecified atom stereocenters. The molecule has 2 N–H and O–H groups in total. The van der Waals surface area contributed by atoms with Crippen LogP contribution in [0.3, 0.4) is 0 Å². The van der Waals surface area contributed by atoms with E-state index in [2.05, 4.69) is 9.71 Å². The van der Waals surface area contributed by atoms with Gasteiger partial charge in [-0.25, -0.2) is 8.42 Å². The third-order valence-corrected chi connectivity index (χ3v) is 7.56. The number of carbonyl (C=O) groups is 1. The zero-order valence-electron chi connectivity index (χ0n) is 18.1. The molecule has 0 aliphatic carbocycles. The number of amides is 1. The van der Waals surface area contributed by atoms with Crippen LogP contribution >= 0.6 is 11.6 Å². The van der Waals surface area contributed by atoms with Gasteiger partial charge >= 0.3 is 0 Å². The third-order valence-electron chi connectivity index (χ3n) is 5.95. The van der Waals surface area contributed by atoms with E-state index in [1.54, 1.807) is 35.2 Å². The normalized spacial score (nSPS) is 15.6. The van der Waals surface area contributed by atoms with Gasteiger partial charge < -0.3 is 9.88 Å². The molecule has 0 bridgehead atoms. The van der Waals surface area contributed by atoms with E-state index in [-0.39, 0.29) is 16.8 Å². The number of nitrogens with one attached hydrogen (secondary N) is 2. The minimum absolute atomic E-state index is 0.0108. The summed E-state index contributed by atoms with van der Waals surface area (Å²) in [5.74, 6) is -0.0480. The van der Waals surface area contributed by atoms with Gasteiger partial charge in [-0.1, -0.05) is 23.7 Å². The number of anilines is 2. The van der Waals surface area contributed by atoms with Gasteiger partial charge in [0.15, 0.2) is 0 Å². The van der Waals surface area contributed by atoms with Crippen LogP contribution in [0, 0.1) is 0 Å². The van der Waals surface area contributed by atoms with E-state index in [9.17, 15) is 13.2 Å². The van der Waals surface area contributed by atoms with E-state index in [1.807, 2.05) is 43.3 Å². The van der Waals surface area contributed by atoms with Crippen molar-refractivity contribution in [3.8, 4) is 11.3 Å². The second-order valence-corrected chi connectivity index (χ2v) is 10.4. The van der Waals surface area contributed by atoms with E-state index in [4.69, 9.17) is 11.6 Å². The summed E-state index contributed by atoms with van der Waals surface area (Å²) in [6.45, 7) is 3.48. The lowest BCUT2D eigenvalue weighted by molar-refractivity contribution is -0.116. The van der Waals surface area contributed by atoms with Crippen LogP contribution in [0.5, 0.6) is 0 Å². The van der Waals surface area contributed by atoms with Gasteiger partial charge in [-0.15, -0.1) is 0 Å². The monoisotopic (exact) mass is 479 g/mol. The van der Waals surface area contributed by atoms with Crippen molar-refractivity contribution < 1.29 is 13.2 Å². The summed E-state index contributed by atoms with van der Waals surface area (Å²) < 4.78 is 28.6. The SMILES string of the molecule is CC(=O)N1c2ccc(S(=O)(=O)Nc3ccc(-c4cc5cc(Cl)ccc5[nH]4)cc3)cc2CC1C. The number of nitrogens with zero attached hydrogens (tertiary/aromatic N) is 1. The lowest BCUT2D eigenvalue weighted by atomic mass is 10.1.